The molecule has 1 heterocycles. The summed E-state index contributed by atoms with van der Waals surface area (Å²) >= 11 is 6.30. The molecule has 172 valence electrons. The molecular weight excluding hydrogens is 450 g/mol. The molecule has 0 saturated carbocycles. The van der Waals surface area contributed by atoms with E-state index in [0.29, 0.717) is 6.54 Å². The lowest BCUT2D eigenvalue weighted by Crippen LogP contribution is -2.34. The Morgan fingerprint density at radius 1 is 1.22 bits per heavy atom. The van der Waals surface area contributed by atoms with E-state index in [1.807, 2.05) is 19.0 Å². The van der Waals surface area contributed by atoms with Gasteiger partial charge >= 0.3 is 0 Å². The van der Waals surface area contributed by atoms with Gasteiger partial charge in [-0.15, -0.1) is 0 Å². The van der Waals surface area contributed by atoms with Gasteiger partial charge < -0.3 is 10.2 Å². The largest absolute Gasteiger partial charge is 0.350 e. The van der Waals surface area contributed by atoms with E-state index in [1.165, 1.54) is 23.8 Å². The SMILES string of the molecule is CCc1ccc(C(CNC(=O)c2ccc(N3C(=O)C(C)CS3(=O)=O)cc2Cl)N(C)C)cc1. The van der Waals surface area contributed by atoms with Crippen LogP contribution < -0.4 is 9.62 Å². The fourth-order valence-electron chi connectivity index (χ4n) is 3.76. The molecule has 0 spiro atoms. The zero-order valence-electron chi connectivity index (χ0n) is 18.6. The van der Waals surface area contributed by atoms with Crippen molar-refractivity contribution in [2.45, 2.75) is 26.3 Å². The van der Waals surface area contributed by atoms with Crippen LogP contribution in [0.1, 0.15) is 41.4 Å². The van der Waals surface area contributed by atoms with Gasteiger partial charge in [0, 0.05) is 6.54 Å². The number of likely N-dealkylation sites (N-methyl/N-ethyl adjacent to an activating group) is 1. The molecule has 1 aliphatic heterocycles. The molecule has 1 N–H and O–H groups in total. The molecule has 2 unspecified atom stereocenters. The fourth-order valence-corrected chi connectivity index (χ4v) is 5.83. The highest BCUT2D eigenvalue weighted by molar-refractivity contribution is 7.94. The molecule has 0 radical (unpaired) electrons. The smallest absolute Gasteiger partial charge is 0.252 e. The van der Waals surface area contributed by atoms with Crippen LogP contribution in [0.15, 0.2) is 42.5 Å². The van der Waals surface area contributed by atoms with Gasteiger partial charge in [0.1, 0.15) is 0 Å². The Balaban J connectivity index is 1.75. The zero-order chi connectivity index (χ0) is 23.6. The average molecular weight is 478 g/mol. The van der Waals surface area contributed by atoms with Crippen LogP contribution in [0.4, 0.5) is 5.69 Å². The van der Waals surface area contributed by atoms with Crippen molar-refractivity contribution >= 4 is 39.1 Å². The van der Waals surface area contributed by atoms with Crippen LogP contribution in [0.25, 0.3) is 0 Å². The van der Waals surface area contributed by atoms with E-state index >= 15 is 0 Å². The van der Waals surface area contributed by atoms with Crippen molar-refractivity contribution in [3.63, 3.8) is 0 Å². The number of hydrogen-bond acceptors (Lipinski definition) is 5. The summed E-state index contributed by atoms with van der Waals surface area (Å²) in [4.78, 5) is 27.1. The molecule has 1 fully saturated rings. The van der Waals surface area contributed by atoms with Crippen LogP contribution >= 0.6 is 11.6 Å². The molecule has 0 bridgehead atoms. The van der Waals surface area contributed by atoms with E-state index in [2.05, 4.69) is 36.5 Å². The Bertz CT molecular complexity index is 1120. The van der Waals surface area contributed by atoms with Crippen molar-refractivity contribution < 1.29 is 18.0 Å². The second-order valence-corrected chi connectivity index (χ2v) is 10.5. The van der Waals surface area contributed by atoms with Crippen LogP contribution in [-0.4, -0.2) is 51.5 Å². The third kappa shape index (κ3) is 4.98. The predicted molar refractivity (Wildman–Crippen MR) is 126 cm³/mol. The Morgan fingerprint density at radius 3 is 2.38 bits per heavy atom. The number of carbonyl (C=O) groups excluding carboxylic acids is 2. The number of amides is 2. The molecule has 1 saturated heterocycles. The highest BCUT2D eigenvalue weighted by Crippen LogP contribution is 2.31. The summed E-state index contributed by atoms with van der Waals surface area (Å²) in [6, 6.07) is 12.5. The van der Waals surface area contributed by atoms with Crippen LogP contribution in [0.2, 0.25) is 5.02 Å². The number of benzene rings is 2. The lowest BCUT2D eigenvalue weighted by atomic mass is 10.0. The van der Waals surface area contributed by atoms with Crippen molar-refractivity contribution in [1.29, 1.82) is 0 Å². The summed E-state index contributed by atoms with van der Waals surface area (Å²) in [7, 11) is 0.154. The van der Waals surface area contributed by atoms with Gasteiger partial charge in [-0.2, -0.15) is 0 Å². The summed E-state index contributed by atoms with van der Waals surface area (Å²) < 4.78 is 25.4. The van der Waals surface area contributed by atoms with Gasteiger partial charge in [-0.3, -0.25) is 9.59 Å². The van der Waals surface area contributed by atoms with Gasteiger partial charge in [0.05, 0.1) is 34.0 Å². The Labute approximate surface area is 194 Å². The summed E-state index contributed by atoms with van der Waals surface area (Å²) in [5, 5.41) is 2.99. The van der Waals surface area contributed by atoms with Crippen LogP contribution in [0.3, 0.4) is 0 Å². The molecule has 2 amide bonds. The molecule has 1 aliphatic rings. The first kappa shape index (κ1) is 24.2. The monoisotopic (exact) mass is 477 g/mol. The maximum atomic E-state index is 12.8. The molecule has 2 aromatic carbocycles. The topological polar surface area (TPSA) is 86.8 Å². The summed E-state index contributed by atoms with van der Waals surface area (Å²) in [5.74, 6) is -1.73. The number of rotatable bonds is 7. The summed E-state index contributed by atoms with van der Waals surface area (Å²) in [6.07, 6.45) is 0.960. The third-order valence-corrected chi connectivity index (χ3v) is 7.83. The normalized spacial score (nSPS) is 18.8. The minimum Gasteiger partial charge on any atom is -0.350 e. The Hall–Kier alpha value is -2.42. The first-order chi connectivity index (χ1) is 15.0. The van der Waals surface area contributed by atoms with Gasteiger partial charge in [-0.25, -0.2) is 12.7 Å². The minimum atomic E-state index is -3.74. The number of halogens is 1. The van der Waals surface area contributed by atoms with Crippen molar-refractivity contribution in [1.82, 2.24) is 10.2 Å². The number of carbonyl (C=O) groups is 2. The number of sulfonamides is 1. The number of nitrogens with one attached hydrogen (secondary N) is 1. The molecule has 32 heavy (non-hydrogen) atoms. The number of nitrogens with zero attached hydrogens (tertiary/aromatic N) is 2. The Morgan fingerprint density at radius 2 is 1.88 bits per heavy atom. The van der Waals surface area contributed by atoms with E-state index in [4.69, 9.17) is 11.6 Å². The number of anilines is 1. The van der Waals surface area contributed by atoms with Crippen LogP contribution in [-0.2, 0) is 21.2 Å². The first-order valence-electron chi connectivity index (χ1n) is 10.4. The maximum Gasteiger partial charge on any atom is 0.252 e. The molecule has 7 nitrogen and oxygen atoms in total. The lowest BCUT2D eigenvalue weighted by molar-refractivity contribution is -0.119. The van der Waals surface area contributed by atoms with Gasteiger partial charge in [0.15, 0.2) is 0 Å². The zero-order valence-corrected chi connectivity index (χ0v) is 20.2. The molecule has 2 aromatic rings. The molecule has 9 heteroatoms. The molecule has 3 rings (SSSR count). The number of aryl methyl sites for hydroxylation is 1. The van der Waals surface area contributed by atoms with Gasteiger partial charge in [0.2, 0.25) is 15.9 Å². The quantitative estimate of drug-likeness (QED) is 0.661. The van der Waals surface area contributed by atoms with Gasteiger partial charge in [0.25, 0.3) is 5.91 Å². The highest BCUT2D eigenvalue weighted by atomic mass is 35.5. The van der Waals surface area contributed by atoms with Gasteiger partial charge in [-0.1, -0.05) is 49.7 Å². The molecule has 2 atom stereocenters. The standard InChI is InChI=1S/C23H28ClN3O4S/c1-5-16-6-8-17(9-7-16)21(26(3)4)13-25-22(28)19-11-10-18(12-20(19)24)27-23(29)15(2)14-32(27,30)31/h6-12,15,21H,5,13-14H2,1-4H3,(H,25,28). The maximum absolute atomic E-state index is 12.8. The first-order valence-corrected chi connectivity index (χ1v) is 12.4. The van der Waals surface area contributed by atoms with E-state index in [-0.39, 0.29) is 34.0 Å². The second kappa shape index (κ2) is 9.60. The van der Waals surface area contributed by atoms with E-state index < -0.39 is 21.8 Å². The lowest BCUT2D eigenvalue weighted by Gasteiger charge is -2.25. The molecule has 0 aliphatic carbocycles. The fraction of sp³-hybridized carbons (Fsp3) is 0.391. The van der Waals surface area contributed by atoms with E-state index in [1.54, 1.807) is 6.92 Å². The molecule has 0 aromatic heterocycles. The average Bonchev–Trinajstić information content (AvgIpc) is 2.94. The summed E-state index contributed by atoms with van der Waals surface area (Å²) in [5.41, 5.74) is 2.69. The van der Waals surface area contributed by atoms with Crippen molar-refractivity contribution in [2.24, 2.45) is 5.92 Å². The van der Waals surface area contributed by atoms with Crippen LogP contribution in [0, 0.1) is 5.92 Å². The van der Waals surface area contributed by atoms with Crippen molar-refractivity contribution in [3.8, 4) is 0 Å². The third-order valence-electron chi connectivity index (χ3n) is 5.64. The Kier molecular flexibility index (Phi) is 7.27. The van der Waals surface area contributed by atoms with Crippen molar-refractivity contribution in [2.75, 3.05) is 30.7 Å². The van der Waals surface area contributed by atoms with Gasteiger partial charge in [-0.05, 0) is 49.8 Å². The summed E-state index contributed by atoms with van der Waals surface area (Å²) in [6.45, 7) is 4.04. The number of hydrogen-bond donors (Lipinski definition) is 1. The van der Waals surface area contributed by atoms with E-state index in [0.717, 1.165) is 16.3 Å². The van der Waals surface area contributed by atoms with Crippen LogP contribution in [0.5, 0.6) is 0 Å². The van der Waals surface area contributed by atoms with Crippen molar-refractivity contribution in [3.05, 3.63) is 64.2 Å². The molecular formula is C23H28ClN3O4S. The second-order valence-electron chi connectivity index (χ2n) is 8.23. The highest BCUT2D eigenvalue weighted by Gasteiger charge is 2.42. The predicted octanol–water partition coefficient (Wildman–Crippen LogP) is 3.25. The minimum absolute atomic E-state index is 0.0308. The van der Waals surface area contributed by atoms with E-state index in [9.17, 15) is 18.0 Å².